The Bertz CT molecular complexity index is 280. The zero-order chi connectivity index (χ0) is 8.55. The fraction of sp³-hybridized carbons (Fsp3) is 0.455. The van der Waals surface area contributed by atoms with Crippen LogP contribution in [0.5, 0.6) is 0 Å². The first-order valence-corrected chi connectivity index (χ1v) is 4.58. The third kappa shape index (κ3) is 1.37. The van der Waals surface area contributed by atoms with Crippen molar-refractivity contribution in [2.45, 2.75) is 19.3 Å². The highest BCUT2D eigenvalue weighted by atomic mass is 14.6. The maximum absolute atomic E-state index is 5.60. The van der Waals surface area contributed by atoms with Crippen molar-refractivity contribution in [2.24, 2.45) is 11.7 Å². The molecular formula is C11H15N. The van der Waals surface area contributed by atoms with Gasteiger partial charge in [0, 0.05) is 0 Å². The van der Waals surface area contributed by atoms with Crippen LogP contribution in [0.1, 0.15) is 23.5 Å². The first kappa shape index (κ1) is 7.81. The normalized spacial score (nSPS) is 27.2. The number of aryl methyl sites for hydroxylation is 1. The van der Waals surface area contributed by atoms with Crippen LogP contribution >= 0.6 is 0 Å². The van der Waals surface area contributed by atoms with Crippen LogP contribution in [0.15, 0.2) is 24.3 Å². The van der Waals surface area contributed by atoms with Gasteiger partial charge in [-0.3, -0.25) is 0 Å². The number of hydrogen-bond donors (Lipinski definition) is 1. The van der Waals surface area contributed by atoms with Crippen molar-refractivity contribution in [3.05, 3.63) is 35.4 Å². The minimum Gasteiger partial charge on any atom is -0.330 e. The highest BCUT2D eigenvalue weighted by Gasteiger charge is 2.36. The van der Waals surface area contributed by atoms with Crippen molar-refractivity contribution < 1.29 is 0 Å². The third-order valence-corrected chi connectivity index (χ3v) is 2.70. The average molecular weight is 161 g/mol. The van der Waals surface area contributed by atoms with Gasteiger partial charge in [-0.05, 0) is 37.3 Å². The predicted molar refractivity (Wildman–Crippen MR) is 51.1 cm³/mol. The lowest BCUT2D eigenvalue weighted by Crippen LogP contribution is -2.01. The molecule has 12 heavy (non-hydrogen) atoms. The van der Waals surface area contributed by atoms with Crippen LogP contribution < -0.4 is 5.73 Å². The van der Waals surface area contributed by atoms with E-state index in [1.165, 1.54) is 17.5 Å². The van der Waals surface area contributed by atoms with Crippen LogP contribution in [0.3, 0.4) is 0 Å². The highest BCUT2D eigenvalue weighted by Crippen LogP contribution is 2.46. The Morgan fingerprint density at radius 2 is 2.33 bits per heavy atom. The van der Waals surface area contributed by atoms with Gasteiger partial charge in [0.2, 0.25) is 0 Å². The SMILES string of the molecule is Cc1cccc([C@H]2C[C@H]2CN)c1. The van der Waals surface area contributed by atoms with E-state index in [0.29, 0.717) is 0 Å². The molecule has 0 bridgehead atoms. The van der Waals surface area contributed by atoms with Crippen molar-refractivity contribution in [1.29, 1.82) is 0 Å². The van der Waals surface area contributed by atoms with Crippen molar-refractivity contribution in [3.63, 3.8) is 0 Å². The summed E-state index contributed by atoms with van der Waals surface area (Å²) in [5.74, 6) is 1.52. The van der Waals surface area contributed by atoms with Gasteiger partial charge in [-0.2, -0.15) is 0 Å². The topological polar surface area (TPSA) is 26.0 Å². The monoisotopic (exact) mass is 161 g/mol. The Morgan fingerprint density at radius 3 is 2.92 bits per heavy atom. The van der Waals surface area contributed by atoms with Gasteiger partial charge in [0.1, 0.15) is 0 Å². The van der Waals surface area contributed by atoms with E-state index in [1.54, 1.807) is 0 Å². The number of nitrogens with two attached hydrogens (primary N) is 1. The first-order chi connectivity index (χ1) is 5.81. The molecule has 0 aliphatic heterocycles. The minimum absolute atomic E-state index is 0.756. The molecule has 0 aromatic heterocycles. The molecule has 0 radical (unpaired) electrons. The van der Waals surface area contributed by atoms with Crippen molar-refractivity contribution in [3.8, 4) is 0 Å². The van der Waals surface area contributed by atoms with Gasteiger partial charge in [0.05, 0.1) is 0 Å². The van der Waals surface area contributed by atoms with E-state index in [1.807, 2.05) is 0 Å². The molecule has 1 aliphatic carbocycles. The smallest absolute Gasteiger partial charge is 0.00428 e. The molecule has 1 fully saturated rings. The lowest BCUT2D eigenvalue weighted by atomic mass is 10.1. The molecule has 0 spiro atoms. The van der Waals surface area contributed by atoms with Crippen LogP contribution in [0.25, 0.3) is 0 Å². The fourth-order valence-electron chi connectivity index (χ4n) is 1.82. The summed E-state index contributed by atoms with van der Waals surface area (Å²) in [7, 11) is 0. The molecule has 1 saturated carbocycles. The molecule has 0 amide bonds. The number of benzene rings is 1. The van der Waals surface area contributed by atoms with Gasteiger partial charge in [0.25, 0.3) is 0 Å². The second-order valence-electron chi connectivity index (χ2n) is 3.75. The summed E-state index contributed by atoms with van der Waals surface area (Å²) in [5.41, 5.74) is 8.43. The van der Waals surface area contributed by atoms with Crippen LogP contribution in [-0.4, -0.2) is 6.54 Å². The Kier molecular flexibility index (Phi) is 1.89. The quantitative estimate of drug-likeness (QED) is 0.706. The molecule has 2 rings (SSSR count). The molecule has 1 aliphatic rings. The largest absolute Gasteiger partial charge is 0.330 e. The number of rotatable bonds is 2. The molecule has 1 nitrogen and oxygen atoms in total. The third-order valence-electron chi connectivity index (χ3n) is 2.70. The lowest BCUT2D eigenvalue weighted by molar-refractivity contribution is 0.809. The van der Waals surface area contributed by atoms with Crippen molar-refractivity contribution in [2.75, 3.05) is 6.54 Å². The Morgan fingerprint density at radius 1 is 1.50 bits per heavy atom. The van der Waals surface area contributed by atoms with Gasteiger partial charge in [-0.15, -0.1) is 0 Å². The van der Waals surface area contributed by atoms with E-state index in [2.05, 4.69) is 31.2 Å². The van der Waals surface area contributed by atoms with E-state index >= 15 is 0 Å². The summed E-state index contributed by atoms with van der Waals surface area (Å²) >= 11 is 0. The van der Waals surface area contributed by atoms with Crippen molar-refractivity contribution in [1.82, 2.24) is 0 Å². The molecular weight excluding hydrogens is 146 g/mol. The molecule has 0 unspecified atom stereocenters. The second kappa shape index (κ2) is 2.91. The Labute approximate surface area is 73.6 Å². The summed E-state index contributed by atoms with van der Waals surface area (Å²) in [4.78, 5) is 0. The predicted octanol–water partition coefficient (Wildman–Crippen LogP) is 2.06. The van der Waals surface area contributed by atoms with Crippen LogP contribution in [0.2, 0.25) is 0 Å². The summed E-state index contributed by atoms with van der Waals surface area (Å²) in [6.07, 6.45) is 1.29. The molecule has 2 atom stereocenters. The maximum atomic E-state index is 5.60. The molecule has 64 valence electrons. The van der Waals surface area contributed by atoms with Gasteiger partial charge < -0.3 is 5.73 Å². The molecule has 1 aromatic carbocycles. The number of hydrogen-bond acceptors (Lipinski definition) is 1. The van der Waals surface area contributed by atoms with E-state index < -0.39 is 0 Å². The van der Waals surface area contributed by atoms with Crippen molar-refractivity contribution >= 4 is 0 Å². The van der Waals surface area contributed by atoms with Crippen LogP contribution in [0, 0.1) is 12.8 Å². The standard InChI is InChI=1S/C11H15N/c1-8-3-2-4-9(5-8)11-6-10(11)7-12/h2-5,10-11H,6-7,12H2,1H3/t10-,11+/m0/s1. The van der Waals surface area contributed by atoms with Crippen LogP contribution in [0.4, 0.5) is 0 Å². The highest BCUT2D eigenvalue weighted by molar-refractivity contribution is 5.29. The van der Waals surface area contributed by atoms with E-state index in [4.69, 9.17) is 5.73 Å². The van der Waals surface area contributed by atoms with Crippen LogP contribution in [-0.2, 0) is 0 Å². The zero-order valence-electron chi connectivity index (χ0n) is 7.46. The molecule has 2 N–H and O–H groups in total. The molecule has 1 aromatic rings. The zero-order valence-corrected chi connectivity index (χ0v) is 7.46. The summed E-state index contributed by atoms with van der Waals surface area (Å²) in [6.45, 7) is 2.99. The minimum atomic E-state index is 0.756. The molecule has 1 heteroatoms. The molecule has 0 heterocycles. The second-order valence-corrected chi connectivity index (χ2v) is 3.75. The maximum Gasteiger partial charge on any atom is -0.00428 e. The van der Waals surface area contributed by atoms with Gasteiger partial charge in [0.15, 0.2) is 0 Å². The van der Waals surface area contributed by atoms with E-state index in [0.717, 1.165) is 18.4 Å². The molecule has 0 saturated heterocycles. The first-order valence-electron chi connectivity index (χ1n) is 4.58. The van der Waals surface area contributed by atoms with Gasteiger partial charge in [-0.1, -0.05) is 29.8 Å². The fourth-order valence-corrected chi connectivity index (χ4v) is 1.82. The van der Waals surface area contributed by atoms with Gasteiger partial charge >= 0.3 is 0 Å². The lowest BCUT2D eigenvalue weighted by Gasteiger charge is -1.99. The van der Waals surface area contributed by atoms with Gasteiger partial charge in [-0.25, -0.2) is 0 Å². The summed E-state index contributed by atoms with van der Waals surface area (Å²) < 4.78 is 0. The average Bonchev–Trinajstić information content (AvgIpc) is 2.83. The summed E-state index contributed by atoms with van der Waals surface area (Å²) in [5, 5.41) is 0. The Hall–Kier alpha value is -0.820. The Balaban J connectivity index is 2.14. The van der Waals surface area contributed by atoms with E-state index in [9.17, 15) is 0 Å². The van der Waals surface area contributed by atoms with E-state index in [-0.39, 0.29) is 0 Å². The summed E-state index contributed by atoms with van der Waals surface area (Å²) in [6, 6.07) is 8.77.